The summed E-state index contributed by atoms with van der Waals surface area (Å²) in [5.74, 6) is -1.62. The zero-order valence-electron chi connectivity index (χ0n) is 14.8. The molecular weight excluding hydrogens is 386 g/mol. The van der Waals surface area contributed by atoms with Gasteiger partial charge in [-0.3, -0.25) is 24.0 Å². The van der Waals surface area contributed by atoms with Gasteiger partial charge in [-0.15, -0.1) is 0 Å². The minimum absolute atomic E-state index is 0.00391. The van der Waals surface area contributed by atoms with E-state index >= 15 is 0 Å². The van der Waals surface area contributed by atoms with Crippen LogP contribution < -0.4 is 20.1 Å². The standard InChI is InChI=1S/C18H17N3O6S/c1-27-14-7-6-11(21-16(22)8-9-17(21)23)10-15(14)28(25,26)20-13-5-3-2-4-12(13)18(19)24/h2-7,10,20H,8-9H2,1H3,(H2,19,24). The Kier molecular flexibility index (Phi) is 5.06. The van der Waals surface area contributed by atoms with Crippen LogP contribution in [0.3, 0.4) is 0 Å². The highest BCUT2D eigenvalue weighted by atomic mass is 32.2. The van der Waals surface area contributed by atoms with Crippen LogP contribution >= 0.6 is 0 Å². The van der Waals surface area contributed by atoms with Crippen LogP contribution in [0.5, 0.6) is 5.75 Å². The SMILES string of the molecule is COc1ccc(N2C(=O)CCC2=O)cc1S(=O)(=O)Nc1ccccc1C(N)=O. The van der Waals surface area contributed by atoms with E-state index in [1.54, 1.807) is 12.1 Å². The van der Waals surface area contributed by atoms with Crippen molar-refractivity contribution in [1.29, 1.82) is 0 Å². The predicted molar refractivity (Wildman–Crippen MR) is 100 cm³/mol. The first-order chi connectivity index (χ1) is 13.2. The number of imide groups is 1. The second kappa shape index (κ2) is 7.31. The van der Waals surface area contributed by atoms with Crippen LogP contribution in [0.15, 0.2) is 47.4 Å². The van der Waals surface area contributed by atoms with Crippen LogP contribution in [0.2, 0.25) is 0 Å². The number of nitrogens with one attached hydrogen (secondary N) is 1. The highest BCUT2D eigenvalue weighted by molar-refractivity contribution is 7.92. The van der Waals surface area contributed by atoms with Crippen LogP contribution in [-0.2, 0) is 19.6 Å². The molecule has 146 valence electrons. The van der Waals surface area contributed by atoms with Gasteiger partial charge in [0, 0.05) is 12.8 Å². The summed E-state index contributed by atoms with van der Waals surface area (Å²) in [4.78, 5) is 36.1. The van der Waals surface area contributed by atoms with Crippen molar-refractivity contribution in [2.45, 2.75) is 17.7 Å². The molecule has 3 amide bonds. The minimum Gasteiger partial charge on any atom is -0.495 e. The van der Waals surface area contributed by atoms with Crippen LogP contribution in [0.25, 0.3) is 0 Å². The van der Waals surface area contributed by atoms with Gasteiger partial charge in [0.15, 0.2) is 0 Å². The molecular formula is C18H17N3O6S. The summed E-state index contributed by atoms with van der Waals surface area (Å²) < 4.78 is 33.3. The number of hydrogen-bond acceptors (Lipinski definition) is 6. The van der Waals surface area contributed by atoms with Gasteiger partial charge in [0.2, 0.25) is 11.8 Å². The summed E-state index contributed by atoms with van der Waals surface area (Å²) in [6.07, 6.45) is 0.133. The molecule has 0 bridgehead atoms. The van der Waals surface area contributed by atoms with E-state index in [1.807, 2.05) is 0 Å². The lowest BCUT2D eigenvalue weighted by Crippen LogP contribution is -2.29. The normalized spacial score (nSPS) is 14.2. The average Bonchev–Trinajstić information content (AvgIpc) is 2.99. The Balaban J connectivity index is 2.06. The maximum atomic E-state index is 13.0. The largest absolute Gasteiger partial charge is 0.495 e. The molecule has 10 heteroatoms. The summed E-state index contributed by atoms with van der Waals surface area (Å²) in [7, 11) is -2.94. The summed E-state index contributed by atoms with van der Waals surface area (Å²) in [5.41, 5.74) is 5.40. The maximum absolute atomic E-state index is 13.0. The number of anilines is 2. The van der Waals surface area contributed by atoms with Crippen molar-refractivity contribution in [3.8, 4) is 5.75 Å². The number of carbonyl (C=O) groups excluding carboxylic acids is 3. The van der Waals surface area contributed by atoms with Crippen LogP contribution in [-0.4, -0.2) is 33.2 Å². The Hall–Kier alpha value is -3.40. The van der Waals surface area contributed by atoms with Crippen molar-refractivity contribution in [3.05, 3.63) is 48.0 Å². The Bertz CT molecular complexity index is 1060. The van der Waals surface area contributed by atoms with E-state index in [4.69, 9.17) is 10.5 Å². The number of benzene rings is 2. The number of para-hydroxylation sites is 1. The third-order valence-corrected chi connectivity index (χ3v) is 5.57. The minimum atomic E-state index is -4.23. The fraction of sp³-hybridized carbons (Fsp3) is 0.167. The van der Waals surface area contributed by atoms with E-state index in [-0.39, 0.29) is 40.4 Å². The lowest BCUT2D eigenvalue weighted by molar-refractivity contribution is -0.121. The van der Waals surface area contributed by atoms with Crippen molar-refractivity contribution < 1.29 is 27.5 Å². The number of nitrogens with zero attached hydrogens (tertiary/aromatic N) is 1. The molecule has 0 atom stereocenters. The van der Waals surface area contributed by atoms with Gasteiger partial charge >= 0.3 is 0 Å². The van der Waals surface area contributed by atoms with Crippen molar-refractivity contribution in [3.63, 3.8) is 0 Å². The molecule has 0 aliphatic carbocycles. The fourth-order valence-electron chi connectivity index (χ4n) is 2.87. The van der Waals surface area contributed by atoms with Crippen LogP contribution in [0.4, 0.5) is 11.4 Å². The molecule has 3 N–H and O–H groups in total. The number of amides is 3. The number of primary amides is 1. The summed E-state index contributed by atoms with van der Waals surface area (Å²) in [6.45, 7) is 0. The number of sulfonamides is 1. The number of hydrogen-bond donors (Lipinski definition) is 2. The summed E-state index contributed by atoms with van der Waals surface area (Å²) >= 11 is 0. The second-order valence-corrected chi connectivity index (χ2v) is 7.62. The smallest absolute Gasteiger partial charge is 0.265 e. The van der Waals surface area contributed by atoms with Crippen molar-refractivity contribution in [2.75, 3.05) is 16.7 Å². The van der Waals surface area contributed by atoms with Crippen LogP contribution in [0, 0.1) is 0 Å². The second-order valence-electron chi connectivity index (χ2n) is 5.97. The van der Waals surface area contributed by atoms with Gasteiger partial charge in [-0.25, -0.2) is 8.42 Å². The third-order valence-electron chi connectivity index (χ3n) is 4.18. The monoisotopic (exact) mass is 403 g/mol. The highest BCUT2D eigenvalue weighted by Gasteiger charge is 2.32. The summed E-state index contributed by atoms with van der Waals surface area (Å²) in [5, 5.41) is 0. The van der Waals surface area contributed by atoms with Gasteiger partial charge in [-0.05, 0) is 30.3 Å². The number of rotatable bonds is 6. The molecule has 1 fully saturated rings. The number of nitrogens with two attached hydrogens (primary N) is 1. The predicted octanol–water partition coefficient (Wildman–Crippen LogP) is 1.25. The fourth-order valence-corrected chi connectivity index (χ4v) is 4.14. The molecule has 0 saturated carbocycles. The third kappa shape index (κ3) is 3.54. The van der Waals surface area contributed by atoms with Crippen LogP contribution in [0.1, 0.15) is 23.2 Å². The van der Waals surface area contributed by atoms with Gasteiger partial charge < -0.3 is 10.5 Å². The molecule has 0 spiro atoms. The molecule has 1 aliphatic rings. The molecule has 0 aromatic heterocycles. The Morgan fingerprint density at radius 3 is 2.36 bits per heavy atom. The van der Waals surface area contributed by atoms with Crippen molar-refractivity contribution >= 4 is 39.1 Å². The highest BCUT2D eigenvalue weighted by Crippen LogP contribution is 2.32. The Morgan fingerprint density at radius 2 is 1.75 bits per heavy atom. The molecule has 0 unspecified atom stereocenters. The van der Waals surface area contributed by atoms with Gasteiger partial charge in [0.25, 0.3) is 15.9 Å². The Labute approximate surface area is 161 Å². The van der Waals surface area contributed by atoms with E-state index in [0.717, 1.165) is 4.90 Å². The lowest BCUT2D eigenvalue weighted by atomic mass is 10.2. The Morgan fingerprint density at radius 1 is 1.11 bits per heavy atom. The lowest BCUT2D eigenvalue weighted by Gasteiger charge is -2.18. The van der Waals surface area contributed by atoms with E-state index in [2.05, 4.69) is 4.72 Å². The van der Waals surface area contributed by atoms with E-state index in [1.165, 1.54) is 37.4 Å². The molecule has 2 aromatic carbocycles. The van der Waals surface area contributed by atoms with E-state index < -0.39 is 27.7 Å². The van der Waals surface area contributed by atoms with Gasteiger partial charge in [0.05, 0.1) is 24.0 Å². The van der Waals surface area contributed by atoms with E-state index in [9.17, 15) is 22.8 Å². The van der Waals surface area contributed by atoms with Gasteiger partial charge in [0.1, 0.15) is 10.6 Å². The molecule has 1 saturated heterocycles. The molecule has 3 rings (SSSR count). The molecule has 0 radical (unpaired) electrons. The maximum Gasteiger partial charge on any atom is 0.265 e. The zero-order chi connectivity index (χ0) is 20.5. The summed E-state index contributed by atoms with van der Waals surface area (Å²) in [6, 6.07) is 9.81. The zero-order valence-corrected chi connectivity index (χ0v) is 15.7. The number of methoxy groups -OCH3 is 1. The molecule has 1 heterocycles. The first kappa shape index (κ1) is 19.4. The molecule has 9 nitrogen and oxygen atoms in total. The van der Waals surface area contributed by atoms with Gasteiger partial charge in [-0.2, -0.15) is 0 Å². The topological polar surface area (TPSA) is 136 Å². The van der Waals surface area contributed by atoms with Crippen molar-refractivity contribution in [2.24, 2.45) is 5.73 Å². The number of carbonyl (C=O) groups is 3. The van der Waals surface area contributed by atoms with E-state index in [0.29, 0.717) is 0 Å². The molecule has 1 aliphatic heterocycles. The van der Waals surface area contributed by atoms with Gasteiger partial charge in [-0.1, -0.05) is 12.1 Å². The molecule has 28 heavy (non-hydrogen) atoms. The first-order valence-corrected chi connectivity index (χ1v) is 9.68. The first-order valence-electron chi connectivity index (χ1n) is 8.20. The average molecular weight is 403 g/mol. The quantitative estimate of drug-likeness (QED) is 0.697. The number of ether oxygens (including phenoxy) is 1. The molecule has 2 aromatic rings. The van der Waals surface area contributed by atoms with Crippen molar-refractivity contribution in [1.82, 2.24) is 0 Å².